The van der Waals surface area contributed by atoms with E-state index in [1.165, 1.54) is 0 Å². The van der Waals surface area contributed by atoms with Crippen molar-refractivity contribution in [2.24, 2.45) is 4.99 Å². The second-order valence-electron chi connectivity index (χ2n) is 9.16. The van der Waals surface area contributed by atoms with E-state index in [4.69, 9.17) is 14.2 Å². The minimum Gasteiger partial charge on any atom is -0.444 e. The molecule has 1 N–H and O–H groups in total. The van der Waals surface area contributed by atoms with Crippen molar-refractivity contribution in [1.29, 1.82) is 0 Å². The normalized spacial score (nSPS) is 20.9. The Balaban J connectivity index is 0.00000480. The summed E-state index contributed by atoms with van der Waals surface area (Å²) < 4.78 is 16.6. The van der Waals surface area contributed by atoms with E-state index in [1.807, 2.05) is 32.7 Å². The van der Waals surface area contributed by atoms with E-state index in [-0.39, 0.29) is 36.1 Å². The predicted octanol–water partition coefficient (Wildman–Crippen LogP) is 3.49. The zero-order valence-electron chi connectivity index (χ0n) is 20.0. The molecule has 2 aliphatic rings. The molecule has 0 aromatic rings. The van der Waals surface area contributed by atoms with Gasteiger partial charge in [0.1, 0.15) is 5.60 Å². The van der Waals surface area contributed by atoms with E-state index in [0.717, 1.165) is 77.3 Å². The van der Waals surface area contributed by atoms with Crippen LogP contribution in [0.2, 0.25) is 0 Å². The highest BCUT2D eigenvalue weighted by Crippen LogP contribution is 2.20. The number of methoxy groups -OCH3 is 1. The molecule has 2 aliphatic heterocycles. The fourth-order valence-electron chi connectivity index (χ4n) is 4.00. The molecule has 8 nitrogen and oxygen atoms in total. The highest BCUT2D eigenvalue weighted by atomic mass is 127. The van der Waals surface area contributed by atoms with Crippen LogP contribution in [-0.4, -0.2) is 93.1 Å². The van der Waals surface area contributed by atoms with E-state index in [1.54, 1.807) is 7.11 Å². The number of piperidine rings is 2. The maximum absolute atomic E-state index is 12.6. The van der Waals surface area contributed by atoms with E-state index in [9.17, 15) is 4.79 Å². The second kappa shape index (κ2) is 14.4. The number of hydrogen-bond donors (Lipinski definition) is 1. The molecule has 0 aliphatic carbocycles. The van der Waals surface area contributed by atoms with Crippen LogP contribution in [0.25, 0.3) is 0 Å². The number of aliphatic imine (C=N–C) groups is 1. The Morgan fingerprint density at radius 2 is 1.81 bits per heavy atom. The predicted molar refractivity (Wildman–Crippen MR) is 134 cm³/mol. The Hall–Kier alpha value is -0.810. The van der Waals surface area contributed by atoms with Gasteiger partial charge in [0, 0.05) is 53.6 Å². The zero-order valence-corrected chi connectivity index (χ0v) is 22.4. The Bertz CT molecular complexity index is 548. The third-order valence-electron chi connectivity index (χ3n) is 5.55. The Labute approximate surface area is 205 Å². The van der Waals surface area contributed by atoms with Crippen molar-refractivity contribution >= 4 is 36.0 Å². The van der Waals surface area contributed by atoms with Gasteiger partial charge < -0.3 is 29.3 Å². The summed E-state index contributed by atoms with van der Waals surface area (Å²) >= 11 is 0. The summed E-state index contributed by atoms with van der Waals surface area (Å²) in [4.78, 5) is 21.3. The van der Waals surface area contributed by atoms with Crippen LogP contribution in [0.3, 0.4) is 0 Å². The lowest BCUT2D eigenvalue weighted by atomic mass is 10.0. The van der Waals surface area contributed by atoms with Crippen LogP contribution in [0.15, 0.2) is 4.99 Å². The van der Waals surface area contributed by atoms with Crippen molar-refractivity contribution in [2.75, 3.05) is 53.6 Å². The van der Waals surface area contributed by atoms with Gasteiger partial charge in [-0.05, 0) is 59.3 Å². The van der Waals surface area contributed by atoms with Gasteiger partial charge in [-0.2, -0.15) is 0 Å². The lowest BCUT2D eigenvalue weighted by Gasteiger charge is -2.38. The van der Waals surface area contributed by atoms with Crippen molar-refractivity contribution in [2.45, 2.75) is 77.0 Å². The number of ether oxygens (including phenoxy) is 3. The van der Waals surface area contributed by atoms with Gasteiger partial charge in [-0.15, -0.1) is 24.0 Å². The SMILES string of the molecule is CN=C(NCC1CCCCN1C(=O)OC(C)(C)C)N1CCC(OCCCOC)CC1.I. The minimum atomic E-state index is -0.474. The van der Waals surface area contributed by atoms with Gasteiger partial charge in [0.2, 0.25) is 0 Å². The molecule has 2 fully saturated rings. The number of hydrogen-bond acceptors (Lipinski definition) is 5. The van der Waals surface area contributed by atoms with Gasteiger partial charge in [-0.1, -0.05) is 0 Å². The fraction of sp³-hybridized carbons (Fsp3) is 0.909. The molecule has 31 heavy (non-hydrogen) atoms. The first kappa shape index (κ1) is 28.2. The van der Waals surface area contributed by atoms with Crippen LogP contribution >= 0.6 is 24.0 Å². The van der Waals surface area contributed by atoms with Crippen LogP contribution in [0.4, 0.5) is 4.79 Å². The number of carbonyl (C=O) groups is 1. The third kappa shape index (κ3) is 10.1. The molecule has 0 aromatic carbocycles. The number of nitrogens with one attached hydrogen (secondary N) is 1. The monoisotopic (exact) mass is 554 g/mol. The van der Waals surface area contributed by atoms with E-state index >= 15 is 0 Å². The number of likely N-dealkylation sites (tertiary alicyclic amines) is 2. The number of carbonyl (C=O) groups excluding carboxylic acids is 1. The average Bonchev–Trinajstić information content (AvgIpc) is 2.71. The zero-order chi connectivity index (χ0) is 22.0. The van der Waals surface area contributed by atoms with E-state index < -0.39 is 5.60 Å². The molecule has 2 saturated heterocycles. The van der Waals surface area contributed by atoms with Gasteiger partial charge in [0.15, 0.2) is 5.96 Å². The van der Waals surface area contributed by atoms with Crippen molar-refractivity contribution in [3.8, 4) is 0 Å². The number of rotatable bonds is 7. The Morgan fingerprint density at radius 3 is 2.42 bits per heavy atom. The molecule has 0 spiro atoms. The number of amides is 1. The summed E-state index contributed by atoms with van der Waals surface area (Å²) in [6.45, 7) is 10.5. The minimum absolute atomic E-state index is 0. The summed E-state index contributed by atoms with van der Waals surface area (Å²) in [6.07, 6.45) is 6.20. The van der Waals surface area contributed by atoms with Crippen LogP contribution in [0.1, 0.15) is 59.3 Å². The van der Waals surface area contributed by atoms with Crippen LogP contribution in [0, 0.1) is 0 Å². The van der Waals surface area contributed by atoms with Gasteiger partial charge in [0.05, 0.1) is 12.1 Å². The average molecular weight is 555 g/mol. The molecule has 0 saturated carbocycles. The van der Waals surface area contributed by atoms with Crippen molar-refractivity contribution in [3.05, 3.63) is 0 Å². The largest absolute Gasteiger partial charge is 0.444 e. The lowest BCUT2D eigenvalue weighted by molar-refractivity contribution is 0.00798. The molecule has 0 radical (unpaired) electrons. The van der Waals surface area contributed by atoms with Crippen molar-refractivity contribution in [3.63, 3.8) is 0 Å². The molecule has 0 aromatic heterocycles. The molecule has 0 bridgehead atoms. The maximum atomic E-state index is 12.6. The molecule has 9 heteroatoms. The first-order valence-electron chi connectivity index (χ1n) is 11.4. The first-order valence-corrected chi connectivity index (χ1v) is 11.4. The van der Waals surface area contributed by atoms with Crippen LogP contribution in [0.5, 0.6) is 0 Å². The summed E-state index contributed by atoms with van der Waals surface area (Å²) in [5, 5.41) is 3.50. The van der Waals surface area contributed by atoms with Gasteiger partial charge in [0.25, 0.3) is 0 Å². The third-order valence-corrected chi connectivity index (χ3v) is 5.55. The molecular formula is C22H43IN4O4. The molecule has 1 unspecified atom stereocenters. The molecule has 182 valence electrons. The first-order chi connectivity index (χ1) is 14.3. The maximum Gasteiger partial charge on any atom is 0.410 e. The van der Waals surface area contributed by atoms with Crippen molar-refractivity contribution in [1.82, 2.24) is 15.1 Å². The second-order valence-corrected chi connectivity index (χ2v) is 9.16. The highest BCUT2D eigenvalue weighted by Gasteiger charge is 2.31. The summed E-state index contributed by atoms with van der Waals surface area (Å²) in [5.74, 6) is 0.905. The quantitative estimate of drug-likeness (QED) is 0.225. The van der Waals surface area contributed by atoms with Gasteiger partial charge >= 0.3 is 6.09 Å². The topological polar surface area (TPSA) is 75.6 Å². The summed E-state index contributed by atoms with van der Waals surface area (Å²) in [6, 6.07) is 0.131. The summed E-state index contributed by atoms with van der Waals surface area (Å²) in [7, 11) is 3.54. The molecule has 2 heterocycles. The van der Waals surface area contributed by atoms with Crippen LogP contribution in [-0.2, 0) is 14.2 Å². The van der Waals surface area contributed by atoms with Crippen molar-refractivity contribution < 1.29 is 19.0 Å². The molecule has 2 rings (SSSR count). The number of halogens is 1. The van der Waals surface area contributed by atoms with Gasteiger partial charge in [-0.25, -0.2) is 4.79 Å². The number of guanidine groups is 1. The Morgan fingerprint density at radius 1 is 1.10 bits per heavy atom. The van der Waals surface area contributed by atoms with Gasteiger partial charge in [-0.3, -0.25) is 4.99 Å². The molecular weight excluding hydrogens is 511 g/mol. The molecule has 1 amide bonds. The smallest absolute Gasteiger partial charge is 0.410 e. The fourth-order valence-corrected chi connectivity index (χ4v) is 4.00. The van der Waals surface area contributed by atoms with Crippen LogP contribution < -0.4 is 5.32 Å². The Kier molecular flexibility index (Phi) is 13.1. The van der Waals surface area contributed by atoms with E-state index in [2.05, 4.69) is 15.2 Å². The number of nitrogens with zero attached hydrogens (tertiary/aromatic N) is 3. The van der Waals surface area contributed by atoms with E-state index in [0.29, 0.717) is 12.6 Å². The summed E-state index contributed by atoms with van der Waals surface area (Å²) in [5.41, 5.74) is -0.474. The lowest BCUT2D eigenvalue weighted by Crippen LogP contribution is -2.53. The molecule has 1 atom stereocenters. The highest BCUT2D eigenvalue weighted by molar-refractivity contribution is 14.0. The standard InChI is InChI=1S/C22H42N4O4.HI/c1-22(2,3)30-21(27)26-12-7-6-9-18(26)17-24-20(23-4)25-13-10-19(11-14-25)29-16-8-15-28-5;/h18-19H,6-17H2,1-5H3,(H,23,24);1H.